The zero-order chi connectivity index (χ0) is 15.0. The van der Waals surface area contributed by atoms with E-state index in [2.05, 4.69) is 0 Å². The Morgan fingerprint density at radius 1 is 1.40 bits per heavy atom. The molecule has 0 N–H and O–H groups in total. The molecule has 0 radical (unpaired) electrons. The van der Waals surface area contributed by atoms with E-state index in [1.54, 1.807) is 0 Å². The lowest BCUT2D eigenvalue weighted by Crippen LogP contribution is -2.47. The summed E-state index contributed by atoms with van der Waals surface area (Å²) in [6.45, 7) is 0.606. The third-order valence-corrected chi connectivity index (χ3v) is 4.83. The molecule has 1 aliphatic heterocycles. The second-order valence-corrected chi connectivity index (χ2v) is 7.50. The first-order valence-electron chi connectivity index (χ1n) is 6.37. The highest BCUT2D eigenvalue weighted by Gasteiger charge is 2.50. The molecule has 1 heterocycles. The van der Waals surface area contributed by atoms with Crippen LogP contribution in [-0.2, 0) is 31.5 Å². The van der Waals surface area contributed by atoms with E-state index in [1.165, 1.54) is 13.4 Å². The van der Waals surface area contributed by atoms with Crippen LogP contribution >= 0.6 is 0 Å². The first kappa shape index (κ1) is 15.0. The van der Waals surface area contributed by atoms with Gasteiger partial charge in [0.25, 0.3) is 0 Å². The number of methoxy groups -OCH3 is 1. The average molecular weight is 297 g/mol. The molecular weight excluding hydrogens is 278 g/mol. The maximum atomic E-state index is 12.4. The summed E-state index contributed by atoms with van der Waals surface area (Å²) < 4.78 is 27.9. The van der Waals surface area contributed by atoms with Gasteiger partial charge in [-0.1, -0.05) is 24.3 Å². The number of nitrogens with zero attached hydrogens (tertiary/aromatic N) is 1. The molecule has 0 fully saturated rings. The van der Waals surface area contributed by atoms with Crippen molar-refractivity contribution >= 4 is 15.8 Å². The monoisotopic (exact) mass is 297 g/mol. The van der Waals surface area contributed by atoms with Gasteiger partial charge >= 0.3 is 5.97 Å². The highest BCUT2D eigenvalue weighted by molar-refractivity contribution is 7.90. The van der Waals surface area contributed by atoms with Gasteiger partial charge in [0.15, 0.2) is 0 Å². The van der Waals surface area contributed by atoms with Gasteiger partial charge in [0.2, 0.25) is 0 Å². The molecule has 1 aromatic carbocycles. The minimum Gasteiger partial charge on any atom is -0.467 e. The number of carbonyl (C=O) groups is 1. The first-order valence-corrected chi connectivity index (χ1v) is 8.43. The number of fused-ring (bicyclic) bond motifs is 1. The highest BCUT2D eigenvalue weighted by atomic mass is 32.2. The maximum absolute atomic E-state index is 12.4. The van der Waals surface area contributed by atoms with E-state index < -0.39 is 21.3 Å². The minimum atomic E-state index is -3.15. The van der Waals surface area contributed by atoms with Crippen LogP contribution in [0.2, 0.25) is 0 Å². The standard InChI is InChI=1S/C14H19NO4S/c1-15-10-11-6-4-5-7-12(11)14(15,13(16)19-2)8-9-20(3,17)18/h4-7H,8-10H2,1-3H3. The maximum Gasteiger partial charge on any atom is 0.330 e. The molecule has 1 aliphatic rings. The number of esters is 1. The molecule has 1 atom stereocenters. The third kappa shape index (κ3) is 2.45. The Morgan fingerprint density at radius 3 is 2.65 bits per heavy atom. The van der Waals surface area contributed by atoms with Crippen molar-refractivity contribution in [2.75, 3.05) is 26.2 Å². The summed E-state index contributed by atoms with van der Waals surface area (Å²) in [5, 5.41) is 0. The van der Waals surface area contributed by atoms with Crippen LogP contribution in [0.4, 0.5) is 0 Å². The van der Waals surface area contributed by atoms with Gasteiger partial charge in [-0.25, -0.2) is 13.2 Å². The highest BCUT2D eigenvalue weighted by Crippen LogP contribution is 2.41. The van der Waals surface area contributed by atoms with Gasteiger partial charge in [0, 0.05) is 12.8 Å². The first-order chi connectivity index (χ1) is 9.31. The van der Waals surface area contributed by atoms with Crippen LogP contribution in [0.1, 0.15) is 17.5 Å². The molecule has 0 aromatic heterocycles. The Hall–Kier alpha value is -1.40. The number of rotatable bonds is 4. The Labute approximate surface area is 119 Å². The number of sulfone groups is 1. The normalized spacial score (nSPS) is 22.6. The van der Waals surface area contributed by atoms with Crippen molar-refractivity contribution in [1.29, 1.82) is 0 Å². The van der Waals surface area contributed by atoms with E-state index >= 15 is 0 Å². The molecule has 0 amide bonds. The van der Waals surface area contributed by atoms with Crippen molar-refractivity contribution in [3.63, 3.8) is 0 Å². The summed E-state index contributed by atoms with van der Waals surface area (Å²) in [6.07, 6.45) is 1.38. The van der Waals surface area contributed by atoms with E-state index in [0.717, 1.165) is 11.1 Å². The summed E-state index contributed by atoms with van der Waals surface area (Å²) in [5.74, 6) is -0.463. The van der Waals surface area contributed by atoms with Crippen molar-refractivity contribution in [3.05, 3.63) is 35.4 Å². The van der Waals surface area contributed by atoms with Gasteiger partial charge in [0.05, 0.1) is 12.9 Å². The molecule has 20 heavy (non-hydrogen) atoms. The Kier molecular flexibility index (Phi) is 3.88. The Bertz CT molecular complexity index is 626. The summed E-state index contributed by atoms with van der Waals surface area (Å²) in [6, 6.07) is 7.60. The number of carbonyl (C=O) groups excluding carboxylic acids is 1. The van der Waals surface area contributed by atoms with Crippen LogP contribution in [-0.4, -0.2) is 45.5 Å². The predicted octanol–water partition coefficient (Wildman–Crippen LogP) is 0.935. The quantitative estimate of drug-likeness (QED) is 0.774. The number of hydrogen-bond acceptors (Lipinski definition) is 5. The van der Waals surface area contributed by atoms with Gasteiger partial charge in [0.1, 0.15) is 15.4 Å². The lowest BCUT2D eigenvalue weighted by molar-refractivity contribution is -0.155. The molecule has 1 unspecified atom stereocenters. The average Bonchev–Trinajstić information content (AvgIpc) is 2.67. The van der Waals surface area contributed by atoms with Crippen molar-refractivity contribution in [1.82, 2.24) is 4.90 Å². The molecule has 6 heteroatoms. The van der Waals surface area contributed by atoms with Crippen LogP contribution in [0.15, 0.2) is 24.3 Å². The van der Waals surface area contributed by atoms with E-state index in [0.29, 0.717) is 6.54 Å². The van der Waals surface area contributed by atoms with Crippen LogP contribution in [0, 0.1) is 0 Å². The van der Waals surface area contributed by atoms with Crippen molar-refractivity contribution in [2.24, 2.45) is 0 Å². The van der Waals surface area contributed by atoms with E-state index in [1.807, 2.05) is 36.2 Å². The fraction of sp³-hybridized carbons (Fsp3) is 0.500. The van der Waals surface area contributed by atoms with Gasteiger partial charge in [-0.3, -0.25) is 4.90 Å². The van der Waals surface area contributed by atoms with E-state index in [9.17, 15) is 13.2 Å². The predicted molar refractivity (Wildman–Crippen MR) is 75.9 cm³/mol. The van der Waals surface area contributed by atoms with Crippen LogP contribution in [0.5, 0.6) is 0 Å². The molecule has 0 saturated carbocycles. The van der Waals surface area contributed by atoms with Gasteiger partial charge in [-0.2, -0.15) is 0 Å². The minimum absolute atomic E-state index is 0.0548. The largest absolute Gasteiger partial charge is 0.467 e. The molecule has 110 valence electrons. The number of hydrogen-bond donors (Lipinski definition) is 0. The fourth-order valence-corrected chi connectivity index (χ4v) is 3.52. The van der Waals surface area contributed by atoms with Crippen LogP contribution in [0.25, 0.3) is 0 Å². The van der Waals surface area contributed by atoms with Crippen LogP contribution in [0.3, 0.4) is 0 Å². The molecule has 5 nitrogen and oxygen atoms in total. The third-order valence-electron chi connectivity index (χ3n) is 3.88. The van der Waals surface area contributed by atoms with Crippen molar-refractivity contribution in [2.45, 2.75) is 18.5 Å². The van der Waals surface area contributed by atoms with E-state index in [-0.39, 0.29) is 12.2 Å². The molecule has 0 saturated heterocycles. The molecular formula is C14H19NO4S. The lowest BCUT2D eigenvalue weighted by Gasteiger charge is -2.34. The molecule has 2 rings (SSSR count). The second kappa shape index (κ2) is 5.18. The number of benzene rings is 1. The van der Waals surface area contributed by atoms with Gasteiger partial charge in [-0.15, -0.1) is 0 Å². The summed E-state index contributed by atoms with van der Waals surface area (Å²) in [4.78, 5) is 14.2. The molecule has 0 aliphatic carbocycles. The lowest BCUT2D eigenvalue weighted by atomic mass is 9.87. The molecule has 0 spiro atoms. The SMILES string of the molecule is COC(=O)C1(CCS(C)(=O)=O)c2ccccc2CN1C. The summed E-state index contributed by atoms with van der Waals surface area (Å²) in [7, 11) is -0.000574. The van der Waals surface area contributed by atoms with E-state index in [4.69, 9.17) is 4.74 Å². The summed E-state index contributed by atoms with van der Waals surface area (Å²) >= 11 is 0. The van der Waals surface area contributed by atoms with Gasteiger partial charge in [-0.05, 0) is 24.6 Å². The smallest absolute Gasteiger partial charge is 0.330 e. The second-order valence-electron chi connectivity index (χ2n) is 5.24. The fourth-order valence-electron chi connectivity index (χ4n) is 2.85. The molecule has 0 bridgehead atoms. The Balaban J connectivity index is 2.50. The zero-order valence-electron chi connectivity index (χ0n) is 11.9. The van der Waals surface area contributed by atoms with Crippen molar-refractivity contribution in [3.8, 4) is 0 Å². The number of ether oxygens (including phenoxy) is 1. The number of likely N-dealkylation sites (N-methyl/N-ethyl adjacent to an activating group) is 1. The van der Waals surface area contributed by atoms with Crippen molar-refractivity contribution < 1.29 is 17.9 Å². The zero-order valence-corrected chi connectivity index (χ0v) is 12.7. The topological polar surface area (TPSA) is 63.7 Å². The Morgan fingerprint density at radius 2 is 2.05 bits per heavy atom. The summed E-state index contributed by atoms with van der Waals surface area (Å²) in [5.41, 5.74) is 0.876. The molecule has 1 aromatic rings. The van der Waals surface area contributed by atoms with Crippen LogP contribution < -0.4 is 0 Å². The van der Waals surface area contributed by atoms with Gasteiger partial charge < -0.3 is 4.74 Å².